The van der Waals surface area contributed by atoms with Crippen molar-refractivity contribution in [2.45, 2.75) is 0 Å². The normalized spacial score (nSPS) is 12.8. The molecule has 8 aromatic carbocycles. The molecule has 0 unspecified atom stereocenters. The molecule has 0 N–H and O–H groups in total. The SMILES string of the molecule is [2H]c1c([2H])c([2H])c(-c2ccc(N(c3ccc(-c4ccccc4)cc3)c3ccc4cc(-c5ccc6oc7ccccc7c6c5)ccc4c3)cc2)c([2H])c1[2H]. The minimum absolute atomic E-state index is 0.183. The highest BCUT2D eigenvalue weighted by Crippen LogP contribution is 2.39. The molecule has 0 saturated carbocycles. The number of benzene rings is 8. The van der Waals surface area contributed by atoms with E-state index in [1.54, 1.807) is 0 Å². The van der Waals surface area contributed by atoms with Gasteiger partial charge in [-0.15, -0.1) is 0 Å². The fourth-order valence-corrected chi connectivity index (χ4v) is 6.51. The number of fused-ring (bicyclic) bond motifs is 4. The maximum Gasteiger partial charge on any atom is 0.135 e. The first-order chi connectivity index (χ1) is 25.8. The van der Waals surface area contributed by atoms with Gasteiger partial charge in [0.05, 0.1) is 6.85 Å². The summed E-state index contributed by atoms with van der Waals surface area (Å²) in [6.45, 7) is 0. The molecule has 0 aliphatic heterocycles. The molecule has 0 aliphatic carbocycles. The van der Waals surface area contributed by atoms with Crippen molar-refractivity contribution >= 4 is 49.8 Å². The van der Waals surface area contributed by atoms with Crippen molar-refractivity contribution in [3.05, 3.63) is 188 Å². The average Bonchev–Trinajstić information content (AvgIpc) is 3.58. The molecule has 0 spiro atoms. The van der Waals surface area contributed by atoms with E-state index in [1.807, 2.05) is 66.7 Å². The zero-order valence-electron chi connectivity index (χ0n) is 30.9. The van der Waals surface area contributed by atoms with Crippen LogP contribution in [0.2, 0.25) is 0 Å². The molecule has 1 aromatic heterocycles. The topological polar surface area (TPSA) is 16.4 Å². The third kappa shape index (κ3) is 5.10. The predicted octanol–water partition coefficient (Wildman–Crippen LogP) is 13.2. The highest BCUT2D eigenvalue weighted by molar-refractivity contribution is 6.06. The first kappa shape index (κ1) is 23.0. The Morgan fingerprint density at radius 3 is 1.69 bits per heavy atom. The number of hydrogen-bond donors (Lipinski definition) is 0. The second kappa shape index (κ2) is 11.8. The van der Waals surface area contributed by atoms with Gasteiger partial charge in [0.2, 0.25) is 0 Å². The molecule has 0 fully saturated rings. The van der Waals surface area contributed by atoms with Crippen LogP contribution in [-0.4, -0.2) is 0 Å². The highest BCUT2D eigenvalue weighted by Gasteiger charge is 2.15. The summed E-state index contributed by atoms with van der Waals surface area (Å²) in [7, 11) is 0. The van der Waals surface area contributed by atoms with Gasteiger partial charge in [0.25, 0.3) is 0 Å². The Labute approximate surface area is 286 Å². The largest absolute Gasteiger partial charge is 0.456 e. The molecule has 0 saturated heterocycles. The molecule has 1 heterocycles. The number of furan rings is 1. The molecule has 226 valence electrons. The molecule has 9 aromatic rings. The summed E-state index contributed by atoms with van der Waals surface area (Å²) in [5, 5.41) is 4.40. The number of anilines is 3. The van der Waals surface area contributed by atoms with Gasteiger partial charge in [-0.25, -0.2) is 0 Å². The Morgan fingerprint density at radius 1 is 0.375 bits per heavy atom. The summed E-state index contributed by atoms with van der Waals surface area (Å²) in [5.41, 5.74) is 9.76. The van der Waals surface area contributed by atoms with Gasteiger partial charge in [-0.2, -0.15) is 0 Å². The van der Waals surface area contributed by atoms with Crippen LogP contribution in [0.25, 0.3) is 66.1 Å². The monoisotopic (exact) mass is 618 g/mol. The number of para-hydroxylation sites is 1. The lowest BCUT2D eigenvalue weighted by molar-refractivity contribution is 0.669. The van der Waals surface area contributed by atoms with E-state index in [9.17, 15) is 0 Å². The predicted molar refractivity (Wildman–Crippen MR) is 202 cm³/mol. The summed E-state index contributed by atoms with van der Waals surface area (Å²) in [4.78, 5) is 2.17. The highest BCUT2D eigenvalue weighted by atomic mass is 16.3. The quantitative estimate of drug-likeness (QED) is 0.184. The lowest BCUT2D eigenvalue weighted by atomic mass is 9.99. The second-order valence-corrected chi connectivity index (χ2v) is 11.9. The van der Waals surface area contributed by atoms with E-state index in [0.29, 0.717) is 5.56 Å². The maximum atomic E-state index is 8.49. The van der Waals surface area contributed by atoms with Crippen LogP contribution < -0.4 is 4.90 Å². The zero-order valence-corrected chi connectivity index (χ0v) is 25.9. The second-order valence-electron chi connectivity index (χ2n) is 11.9. The Morgan fingerprint density at radius 2 is 0.917 bits per heavy atom. The van der Waals surface area contributed by atoms with Gasteiger partial charge in [-0.1, -0.05) is 127 Å². The molecule has 0 atom stereocenters. The average molecular weight is 619 g/mol. The fourth-order valence-electron chi connectivity index (χ4n) is 6.51. The van der Waals surface area contributed by atoms with E-state index in [-0.39, 0.29) is 29.7 Å². The third-order valence-corrected chi connectivity index (χ3v) is 8.94. The molecule has 0 bridgehead atoms. The van der Waals surface area contributed by atoms with Crippen molar-refractivity contribution < 1.29 is 11.3 Å². The molecule has 0 aliphatic rings. The van der Waals surface area contributed by atoms with Crippen LogP contribution in [0.15, 0.2) is 192 Å². The van der Waals surface area contributed by atoms with Gasteiger partial charge in [-0.05, 0) is 105 Å². The van der Waals surface area contributed by atoms with Crippen molar-refractivity contribution in [2.24, 2.45) is 0 Å². The van der Waals surface area contributed by atoms with E-state index >= 15 is 0 Å². The maximum absolute atomic E-state index is 8.49. The van der Waals surface area contributed by atoms with Gasteiger partial charge in [-0.3, -0.25) is 0 Å². The number of nitrogens with zero attached hydrogens (tertiary/aromatic N) is 1. The van der Waals surface area contributed by atoms with Crippen molar-refractivity contribution in [1.29, 1.82) is 0 Å². The summed E-state index contributed by atoms with van der Waals surface area (Å²) in [6.07, 6.45) is 0. The van der Waals surface area contributed by atoms with E-state index in [0.717, 1.165) is 72.0 Å². The zero-order chi connectivity index (χ0) is 36.2. The Hall–Kier alpha value is -6.38. The molecule has 0 radical (unpaired) electrons. The number of hydrogen-bond acceptors (Lipinski definition) is 2. The van der Waals surface area contributed by atoms with Gasteiger partial charge >= 0.3 is 0 Å². The molecular formula is C46H31NO. The van der Waals surface area contributed by atoms with E-state index < -0.39 is 6.04 Å². The Kier molecular flexibility index (Phi) is 5.64. The van der Waals surface area contributed by atoms with E-state index in [2.05, 4.69) is 95.9 Å². The lowest BCUT2D eigenvalue weighted by Gasteiger charge is -2.26. The first-order valence-electron chi connectivity index (χ1n) is 18.4. The van der Waals surface area contributed by atoms with Gasteiger partial charge in [0.15, 0.2) is 0 Å². The summed E-state index contributed by atoms with van der Waals surface area (Å²) in [6, 6.07) is 52.1. The van der Waals surface area contributed by atoms with Crippen molar-refractivity contribution in [3.8, 4) is 33.4 Å². The molecular weight excluding hydrogens is 583 g/mol. The summed E-state index contributed by atoms with van der Waals surface area (Å²) >= 11 is 0. The van der Waals surface area contributed by atoms with Crippen LogP contribution in [-0.2, 0) is 0 Å². The summed E-state index contributed by atoms with van der Waals surface area (Å²) < 4.78 is 47.4. The minimum Gasteiger partial charge on any atom is -0.456 e. The fraction of sp³-hybridized carbons (Fsp3) is 0. The van der Waals surface area contributed by atoms with Crippen LogP contribution in [0.4, 0.5) is 17.1 Å². The Balaban J connectivity index is 1.12. The Bertz CT molecular complexity index is 2800. The molecule has 0 amide bonds. The molecule has 2 nitrogen and oxygen atoms in total. The lowest BCUT2D eigenvalue weighted by Crippen LogP contribution is -2.09. The first-order valence-corrected chi connectivity index (χ1v) is 15.9. The van der Waals surface area contributed by atoms with Crippen LogP contribution in [0.5, 0.6) is 0 Å². The minimum atomic E-state index is -0.401. The third-order valence-electron chi connectivity index (χ3n) is 8.94. The van der Waals surface area contributed by atoms with E-state index in [4.69, 9.17) is 11.3 Å². The van der Waals surface area contributed by atoms with Crippen LogP contribution in [0, 0.1) is 0 Å². The van der Waals surface area contributed by atoms with Gasteiger partial charge in [0.1, 0.15) is 11.2 Å². The number of rotatable bonds is 6. The van der Waals surface area contributed by atoms with Crippen LogP contribution in [0.1, 0.15) is 6.85 Å². The van der Waals surface area contributed by atoms with Crippen molar-refractivity contribution in [3.63, 3.8) is 0 Å². The standard InChI is InChI=1S/C46H31NO/c1-3-9-32(10-4-1)34-17-23-40(24-18-34)47(41-25-19-35(20-26-41)33-11-5-2-6-12-33)42-27-21-37-29-36(15-16-38(37)30-42)39-22-28-46-44(31-39)43-13-7-8-14-45(43)48-46/h1-31H/i1D,3D,4D,9D,10D. The summed E-state index contributed by atoms with van der Waals surface area (Å²) in [5.74, 6) is 0. The van der Waals surface area contributed by atoms with E-state index in [1.165, 1.54) is 0 Å². The molecule has 9 rings (SSSR count). The van der Waals surface area contributed by atoms with Crippen LogP contribution in [0.3, 0.4) is 0 Å². The van der Waals surface area contributed by atoms with Gasteiger partial charge < -0.3 is 9.32 Å². The van der Waals surface area contributed by atoms with Crippen molar-refractivity contribution in [1.82, 2.24) is 0 Å². The van der Waals surface area contributed by atoms with Gasteiger partial charge in [0, 0.05) is 27.8 Å². The van der Waals surface area contributed by atoms with Crippen LogP contribution >= 0.6 is 0 Å². The van der Waals surface area contributed by atoms with Crippen molar-refractivity contribution in [2.75, 3.05) is 4.90 Å². The smallest absolute Gasteiger partial charge is 0.135 e. The molecule has 2 heteroatoms. The molecule has 48 heavy (non-hydrogen) atoms.